The number of anilines is 1. The molecule has 0 saturated carbocycles. The molecule has 164 valence electrons. The molecule has 1 unspecified atom stereocenters. The lowest BCUT2D eigenvalue weighted by atomic mass is 9.99. The van der Waals surface area contributed by atoms with Gasteiger partial charge >= 0.3 is 6.03 Å². The zero-order chi connectivity index (χ0) is 22.1. The Labute approximate surface area is 183 Å². The van der Waals surface area contributed by atoms with Crippen LogP contribution in [0.15, 0.2) is 65.1 Å². The van der Waals surface area contributed by atoms with E-state index in [0.29, 0.717) is 11.6 Å². The van der Waals surface area contributed by atoms with Gasteiger partial charge in [0.1, 0.15) is 5.69 Å². The molecule has 1 aliphatic heterocycles. The van der Waals surface area contributed by atoms with E-state index in [1.807, 2.05) is 30.3 Å². The van der Waals surface area contributed by atoms with Crippen LogP contribution in [0.25, 0.3) is 11.5 Å². The molecule has 3 N–H and O–H groups in total. The first-order valence-corrected chi connectivity index (χ1v) is 10.4. The number of hydrogen-bond acceptors (Lipinski definition) is 5. The number of nitrogens with zero attached hydrogens (tertiary/aromatic N) is 2. The minimum atomic E-state index is -0.668. The second-order valence-corrected chi connectivity index (χ2v) is 7.48. The maximum absolute atomic E-state index is 10.7. The van der Waals surface area contributed by atoms with E-state index in [2.05, 4.69) is 45.5 Å². The zero-order valence-electron chi connectivity index (χ0n) is 18.1. The number of oxazole rings is 1. The molecule has 2 aromatic carbocycles. The molecule has 1 atom stereocenters. The first-order chi connectivity index (χ1) is 15.1. The number of nitrogens with two attached hydrogens (primary N) is 1. The number of carbonyl (C=O) groups excluding carboxylic acids is 1. The number of aromatic nitrogens is 1. The summed E-state index contributed by atoms with van der Waals surface area (Å²) in [5.41, 5.74) is 7.93. The molecule has 0 radical (unpaired) electrons. The first-order valence-electron chi connectivity index (χ1n) is 10.4. The molecule has 7 nitrogen and oxygen atoms in total. The Balaban J connectivity index is 0.000000176. The predicted octanol–water partition coefficient (Wildman–Crippen LogP) is 4.26. The number of carbonyl (C=O) groups is 1. The van der Waals surface area contributed by atoms with Crippen molar-refractivity contribution in [1.82, 2.24) is 9.88 Å². The van der Waals surface area contributed by atoms with Gasteiger partial charge in [-0.2, -0.15) is 0 Å². The van der Waals surface area contributed by atoms with E-state index in [1.54, 1.807) is 14.0 Å². The topological polar surface area (TPSA) is 93.6 Å². The van der Waals surface area contributed by atoms with Gasteiger partial charge < -0.3 is 19.8 Å². The van der Waals surface area contributed by atoms with Gasteiger partial charge in [-0.3, -0.25) is 5.32 Å². The fourth-order valence-corrected chi connectivity index (χ4v) is 3.58. The average Bonchev–Trinajstić information content (AvgIpc) is 3.41. The van der Waals surface area contributed by atoms with E-state index in [0.717, 1.165) is 24.6 Å². The third-order valence-corrected chi connectivity index (χ3v) is 5.21. The summed E-state index contributed by atoms with van der Waals surface area (Å²) < 4.78 is 10.5. The molecule has 1 saturated heterocycles. The third-order valence-electron chi connectivity index (χ3n) is 5.21. The summed E-state index contributed by atoms with van der Waals surface area (Å²) in [5, 5.41) is 2.37. The maximum Gasteiger partial charge on any atom is 0.319 e. The van der Waals surface area contributed by atoms with E-state index in [9.17, 15) is 4.79 Å². The molecule has 0 bridgehead atoms. The van der Waals surface area contributed by atoms with Gasteiger partial charge in [0, 0.05) is 25.8 Å². The van der Waals surface area contributed by atoms with Crippen LogP contribution in [0.2, 0.25) is 0 Å². The average molecular weight is 423 g/mol. The lowest BCUT2D eigenvalue weighted by molar-refractivity contribution is 0.160. The number of benzene rings is 2. The highest BCUT2D eigenvalue weighted by Gasteiger charge is 2.22. The summed E-state index contributed by atoms with van der Waals surface area (Å²) >= 11 is 0. The van der Waals surface area contributed by atoms with Gasteiger partial charge in [0.25, 0.3) is 0 Å². The highest BCUT2D eigenvalue weighted by atomic mass is 16.5. The largest absolute Gasteiger partial charge is 0.420 e. The molecule has 0 aliphatic carbocycles. The van der Waals surface area contributed by atoms with Crippen LogP contribution in [-0.2, 0) is 4.74 Å². The van der Waals surface area contributed by atoms with Crippen molar-refractivity contribution in [2.24, 2.45) is 5.73 Å². The predicted molar refractivity (Wildman–Crippen MR) is 122 cm³/mol. The number of likely N-dealkylation sites (tertiary alicyclic amines) is 1. The second kappa shape index (κ2) is 11.3. The van der Waals surface area contributed by atoms with Crippen molar-refractivity contribution in [1.29, 1.82) is 0 Å². The van der Waals surface area contributed by atoms with Crippen LogP contribution in [0.1, 0.15) is 23.6 Å². The summed E-state index contributed by atoms with van der Waals surface area (Å²) in [6.45, 7) is 6.05. The molecule has 1 fully saturated rings. The fraction of sp³-hybridized carbons (Fsp3) is 0.333. The molecule has 31 heavy (non-hydrogen) atoms. The van der Waals surface area contributed by atoms with E-state index in [-0.39, 0.29) is 5.88 Å². The summed E-state index contributed by atoms with van der Waals surface area (Å²) in [7, 11) is 1.77. The minimum absolute atomic E-state index is 0.284. The molecular formula is C24H30N4O3. The normalized spacial score (nSPS) is 15.9. The van der Waals surface area contributed by atoms with Crippen molar-refractivity contribution in [3.8, 4) is 11.5 Å². The summed E-state index contributed by atoms with van der Waals surface area (Å²) in [6.07, 6.45) is 1.29. The third kappa shape index (κ3) is 6.67. The molecule has 3 aromatic rings. The summed E-state index contributed by atoms with van der Waals surface area (Å²) in [6, 6.07) is 19.6. The van der Waals surface area contributed by atoms with Crippen molar-refractivity contribution < 1.29 is 13.9 Å². The van der Waals surface area contributed by atoms with Crippen molar-refractivity contribution in [2.75, 3.05) is 38.7 Å². The summed E-state index contributed by atoms with van der Waals surface area (Å²) in [5.74, 6) is 1.47. The Morgan fingerprint density at radius 2 is 1.87 bits per heavy atom. The zero-order valence-corrected chi connectivity index (χ0v) is 18.1. The summed E-state index contributed by atoms with van der Waals surface area (Å²) in [4.78, 5) is 17.4. The molecular weight excluding hydrogens is 392 g/mol. The van der Waals surface area contributed by atoms with Gasteiger partial charge in [0.2, 0.25) is 11.8 Å². The number of primary amides is 1. The maximum atomic E-state index is 10.7. The number of methoxy groups -OCH3 is 1. The standard InChI is InChI=1S/C13H19NO.C11H11N3O2/c1-15-10-9-14-8-7-13(11-14)12-5-3-2-4-6-12;1-7-9(14-11(12)15)16-10(13-7)8-5-3-2-4-6-8/h2-6,13H,7-11H2,1H3;2-6H,1H3,(H3,12,14,15). The molecule has 2 amide bonds. The number of aryl methyl sites for hydroxylation is 1. The molecule has 1 aliphatic rings. The Bertz CT molecular complexity index is 944. The Morgan fingerprint density at radius 3 is 2.52 bits per heavy atom. The van der Waals surface area contributed by atoms with Gasteiger partial charge in [-0.1, -0.05) is 48.5 Å². The van der Waals surface area contributed by atoms with Gasteiger partial charge in [0.15, 0.2) is 0 Å². The molecule has 4 rings (SSSR count). The van der Waals surface area contributed by atoms with Crippen LogP contribution in [-0.4, -0.2) is 49.3 Å². The first kappa shape index (κ1) is 22.5. The lowest BCUT2D eigenvalue weighted by Crippen LogP contribution is -2.24. The molecule has 2 heterocycles. The van der Waals surface area contributed by atoms with E-state index < -0.39 is 6.03 Å². The number of amides is 2. The molecule has 1 aromatic heterocycles. The van der Waals surface area contributed by atoms with Crippen LogP contribution in [0, 0.1) is 6.92 Å². The minimum Gasteiger partial charge on any atom is -0.420 e. The van der Waals surface area contributed by atoms with Crippen LogP contribution in [0.4, 0.5) is 10.7 Å². The SMILES string of the molecule is COCCN1CCC(c2ccccc2)C1.Cc1nc(-c2ccccc2)oc1NC(N)=O. The van der Waals surface area contributed by atoms with Crippen molar-refractivity contribution in [3.63, 3.8) is 0 Å². The lowest BCUT2D eigenvalue weighted by Gasteiger charge is -2.15. The van der Waals surface area contributed by atoms with Gasteiger partial charge in [-0.05, 0) is 43.5 Å². The number of rotatable bonds is 6. The smallest absolute Gasteiger partial charge is 0.319 e. The van der Waals surface area contributed by atoms with Crippen molar-refractivity contribution in [2.45, 2.75) is 19.3 Å². The Kier molecular flexibility index (Phi) is 8.20. The monoisotopic (exact) mass is 422 g/mol. The van der Waals surface area contributed by atoms with Crippen LogP contribution >= 0.6 is 0 Å². The number of urea groups is 1. The van der Waals surface area contributed by atoms with E-state index in [4.69, 9.17) is 14.9 Å². The highest BCUT2D eigenvalue weighted by Crippen LogP contribution is 2.26. The van der Waals surface area contributed by atoms with Crippen LogP contribution in [0.3, 0.4) is 0 Å². The van der Waals surface area contributed by atoms with Gasteiger partial charge in [-0.25, -0.2) is 9.78 Å². The van der Waals surface area contributed by atoms with Gasteiger partial charge in [-0.15, -0.1) is 0 Å². The Morgan fingerprint density at radius 1 is 1.19 bits per heavy atom. The van der Waals surface area contributed by atoms with E-state index >= 15 is 0 Å². The highest BCUT2D eigenvalue weighted by molar-refractivity contribution is 5.86. The van der Waals surface area contributed by atoms with Gasteiger partial charge in [0.05, 0.1) is 6.61 Å². The van der Waals surface area contributed by atoms with Crippen molar-refractivity contribution >= 4 is 11.9 Å². The van der Waals surface area contributed by atoms with Crippen LogP contribution < -0.4 is 11.1 Å². The number of ether oxygens (including phenoxy) is 1. The van der Waals surface area contributed by atoms with E-state index in [1.165, 1.54) is 25.1 Å². The number of nitrogens with one attached hydrogen (secondary N) is 1. The fourth-order valence-electron chi connectivity index (χ4n) is 3.58. The second-order valence-electron chi connectivity index (χ2n) is 7.48. The van der Waals surface area contributed by atoms with Crippen LogP contribution in [0.5, 0.6) is 0 Å². The Hall–Kier alpha value is -3.16. The molecule has 0 spiro atoms. The quantitative estimate of drug-likeness (QED) is 0.619. The number of hydrogen-bond donors (Lipinski definition) is 2. The van der Waals surface area contributed by atoms with Crippen molar-refractivity contribution in [3.05, 3.63) is 71.9 Å². The molecule has 7 heteroatoms.